The zero-order valence-electron chi connectivity index (χ0n) is 6.58. The molecule has 0 aromatic heterocycles. The number of rotatable bonds is 0. The topological polar surface area (TPSA) is 29.1 Å². The third-order valence-electron chi connectivity index (χ3n) is 2.75. The number of hydrogen-bond acceptors (Lipinski definition) is 1. The first-order valence-corrected chi connectivity index (χ1v) is 4.26. The maximum Gasteiger partial charge on any atom is 0.228 e. The molecule has 60 valence electrons. The Kier molecular flexibility index (Phi) is 0.980. The van der Waals surface area contributed by atoms with Crippen molar-refractivity contribution in [2.24, 2.45) is 5.92 Å². The summed E-state index contributed by atoms with van der Waals surface area (Å²) in [5, 5.41) is 2.91. The lowest BCUT2D eigenvalue weighted by Crippen LogP contribution is -2.19. The van der Waals surface area contributed by atoms with Crippen molar-refractivity contribution >= 4 is 11.6 Å². The van der Waals surface area contributed by atoms with E-state index in [0.717, 1.165) is 12.1 Å². The van der Waals surface area contributed by atoms with Crippen LogP contribution in [0.25, 0.3) is 0 Å². The minimum Gasteiger partial charge on any atom is -0.326 e. The van der Waals surface area contributed by atoms with Gasteiger partial charge in [0.05, 0.1) is 0 Å². The van der Waals surface area contributed by atoms with Crippen LogP contribution in [-0.4, -0.2) is 5.91 Å². The standard InChI is InChI=1S/C10H9NO/c12-10-8-5-7(8)6-3-1-2-4-9(6)11-10/h1-4,7-8H,5H2,(H,11,12)/t7?,8-/m1/s1. The molecule has 12 heavy (non-hydrogen) atoms. The monoisotopic (exact) mass is 159 g/mol. The Hall–Kier alpha value is -1.31. The average molecular weight is 159 g/mol. The first-order chi connectivity index (χ1) is 5.86. The van der Waals surface area contributed by atoms with Crippen LogP contribution in [0.3, 0.4) is 0 Å². The fourth-order valence-corrected chi connectivity index (χ4v) is 1.99. The van der Waals surface area contributed by atoms with E-state index in [1.54, 1.807) is 0 Å². The van der Waals surface area contributed by atoms with Gasteiger partial charge in [0.15, 0.2) is 0 Å². The fraction of sp³-hybridized carbons (Fsp3) is 0.300. The molecule has 1 fully saturated rings. The Morgan fingerprint density at radius 2 is 2.08 bits per heavy atom. The molecule has 1 saturated carbocycles. The van der Waals surface area contributed by atoms with E-state index in [-0.39, 0.29) is 11.8 Å². The Morgan fingerprint density at radius 1 is 1.25 bits per heavy atom. The SMILES string of the molecule is O=C1Nc2ccccc2C2C[C@@H]12. The second-order valence-corrected chi connectivity index (χ2v) is 3.53. The highest BCUT2D eigenvalue weighted by Gasteiger charge is 2.47. The third kappa shape index (κ3) is 0.670. The molecule has 1 unspecified atom stereocenters. The van der Waals surface area contributed by atoms with Crippen molar-refractivity contribution in [3.8, 4) is 0 Å². The number of anilines is 1. The van der Waals surface area contributed by atoms with Crippen molar-refractivity contribution in [3.63, 3.8) is 0 Å². The minimum absolute atomic E-state index is 0.207. The van der Waals surface area contributed by atoms with Gasteiger partial charge in [-0.2, -0.15) is 0 Å². The quantitative estimate of drug-likeness (QED) is 0.613. The van der Waals surface area contributed by atoms with Crippen molar-refractivity contribution in [2.75, 3.05) is 5.32 Å². The van der Waals surface area contributed by atoms with Gasteiger partial charge in [-0.1, -0.05) is 18.2 Å². The number of nitrogens with one attached hydrogen (secondary N) is 1. The first kappa shape index (κ1) is 6.23. The largest absolute Gasteiger partial charge is 0.326 e. The molecular weight excluding hydrogens is 150 g/mol. The fourth-order valence-electron chi connectivity index (χ4n) is 1.99. The molecule has 0 radical (unpaired) electrons. The number of para-hydroxylation sites is 1. The number of hydrogen-bond donors (Lipinski definition) is 1. The highest BCUT2D eigenvalue weighted by molar-refractivity contribution is 5.99. The normalized spacial score (nSPS) is 30.2. The molecule has 0 bridgehead atoms. The van der Waals surface area contributed by atoms with Gasteiger partial charge in [-0.25, -0.2) is 0 Å². The number of benzene rings is 1. The number of fused-ring (bicyclic) bond motifs is 3. The maximum atomic E-state index is 11.3. The maximum absolute atomic E-state index is 11.3. The van der Waals surface area contributed by atoms with E-state index in [9.17, 15) is 4.79 Å². The van der Waals surface area contributed by atoms with Gasteiger partial charge in [-0.15, -0.1) is 0 Å². The Bertz CT molecular complexity index is 359. The average Bonchev–Trinajstić information content (AvgIpc) is 2.84. The predicted octanol–water partition coefficient (Wildman–Crippen LogP) is 1.74. The van der Waals surface area contributed by atoms with Crippen molar-refractivity contribution in [2.45, 2.75) is 12.3 Å². The van der Waals surface area contributed by atoms with Crippen LogP contribution < -0.4 is 5.32 Å². The van der Waals surface area contributed by atoms with Gasteiger partial charge in [0.1, 0.15) is 0 Å². The van der Waals surface area contributed by atoms with Gasteiger partial charge in [0, 0.05) is 11.6 Å². The summed E-state index contributed by atoms with van der Waals surface area (Å²) >= 11 is 0. The van der Waals surface area contributed by atoms with Crippen LogP contribution in [0.4, 0.5) is 5.69 Å². The van der Waals surface area contributed by atoms with Gasteiger partial charge in [0.25, 0.3) is 0 Å². The Labute approximate surface area is 70.6 Å². The molecule has 2 heteroatoms. The van der Waals surface area contributed by atoms with E-state index in [2.05, 4.69) is 11.4 Å². The molecule has 1 amide bonds. The highest BCUT2D eigenvalue weighted by Crippen LogP contribution is 2.53. The van der Waals surface area contributed by atoms with E-state index >= 15 is 0 Å². The van der Waals surface area contributed by atoms with Gasteiger partial charge in [0.2, 0.25) is 5.91 Å². The molecule has 3 rings (SSSR count). The second kappa shape index (κ2) is 1.89. The smallest absolute Gasteiger partial charge is 0.228 e. The van der Waals surface area contributed by atoms with Gasteiger partial charge in [-0.05, 0) is 24.0 Å². The lowest BCUT2D eigenvalue weighted by molar-refractivity contribution is -0.117. The molecule has 0 spiro atoms. The summed E-state index contributed by atoms with van der Waals surface area (Å²) in [4.78, 5) is 11.3. The van der Waals surface area contributed by atoms with E-state index in [4.69, 9.17) is 0 Å². The summed E-state index contributed by atoms with van der Waals surface area (Å²) in [5.74, 6) is 1.01. The summed E-state index contributed by atoms with van der Waals surface area (Å²) < 4.78 is 0. The van der Waals surface area contributed by atoms with E-state index in [0.29, 0.717) is 5.92 Å². The van der Waals surface area contributed by atoms with Crippen LogP contribution in [0.2, 0.25) is 0 Å². The molecule has 1 heterocycles. The van der Waals surface area contributed by atoms with Crippen molar-refractivity contribution in [1.29, 1.82) is 0 Å². The molecule has 2 atom stereocenters. The summed E-state index contributed by atoms with van der Waals surface area (Å²) in [5.41, 5.74) is 2.34. The molecule has 2 aliphatic rings. The first-order valence-electron chi connectivity index (χ1n) is 4.26. The zero-order chi connectivity index (χ0) is 8.13. The Morgan fingerprint density at radius 3 is 3.00 bits per heavy atom. The molecule has 0 saturated heterocycles. The van der Waals surface area contributed by atoms with Crippen molar-refractivity contribution in [1.82, 2.24) is 0 Å². The number of amides is 1. The molecule has 1 aromatic carbocycles. The minimum atomic E-state index is 0.207. The van der Waals surface area contributed by atoms with Crippen LogP contribution in [0.5, 0.6) is 0 Å². The Balaban J connectivity index is 2.16. The lowest BCUT2D eigenvalue weighted by atomic mass is 10.0. The third-order valence-corrected chi connectivity index (χ3v) is 2.75. The highest BCUT2D eigenvalue weighted by atomic mass is 16.2. The lowest BCUT2D eigenvalue weighted by Gasteiger charge is -2.14. The van der Waals surface area contributed by atoms with Crippen LogP contribution in [0.1, 0.15) is 17.9 Å². The van der Waals surface area contributed by atoms with Gasteiger partial charge < -0.3 is 5.32 Å². The van der Waals surface area contributed by atoms with E-state index in [1.165, 1.54) is 5.56 Å². The zero-order valence-corrected chi connectivity index (χ0v) is 6.58. The summed E-state index contributed by atoms with van der Waals surface area (Å²) in [6.07, 6.45) is 1.04. The van der Waals surface area contributed by atoms with E-state index in [1.807, 2.05) is 18.2 Å². The van der Waals surface area contributed by atoms with Crippen molar-refractivity contribution in [3.05, 3.63) is 29.8 Å². The molecule has 1 aliphatic carbocycles. The van der Waals surface area contributed by atoms with Crippen LogP contribution in [0.15, 0.2) is 24.3 Å². The van der Waals surface area contributed by atoms with Crippen LogP contribution in [0, 0.1) is 5.92 Å². The molecular formula is C10H9NO. The van der Waals surface area contributed by atoms with Crippen LogP contribution in [-0.2, 0) is 4.79 Å². The number of carbonyl (C=O) groups excluding carboxylic acids is 1. The van der Waals surface area contributed by atoms with Gasteiger partial charge >= 0.3 is 0 Å². The molecule has 1 N–H and O–H groups in total. The van der Waals surface area contributed by atoms with Gasteiger partial charge in [-0.3, -0.25) is 4.79 Å². The second-order valence-electron chi connectivity index (χ2n) is 3.53. The molecule has 1 aromatic rings. The van der Waals surface area contributed by atoms with Crippen molar-refractivity contribution < 1.29 is 4.79 Å². The summed E-state index contributed by atoms with van der Waals surface area (Å²) in [6.45, 7) is 0. The number of carbonyl (C=O) groups is 1. The molecule has 1 aliphatic heterocycles. The molecule has 2 nitrogen and oxygen atoms in total. The van der Waals surface area contributed by atoms with Crippen LogP contribution >= 0.6 is 0 Å². The van der Waals surface area contributed by atoms with E-state index < -0.39 is 0 Å². The summed E-state index contributed by atoms with van der Waals surface area (Å²) in [6, 6.07) is 8.08. The predicted molar refractivity (Wildman–Crippen MR) is 45.9 cm³/mol. The summed E-state index contributed by atoms with van der Waals surface area (Å²) in [7, 11) is 0.